The molecule has 2 aromatic carbocycles. The SMILES string of the molecule is O=C1N=C(c2ccc(Cl)cc2)c2c(O)[nH]c(-c3cccc(Cl)c3)c21. The van der Waals surface area contributed by atoms with Gasteiger partial charge in [-0.3, -0.25) is 4.79 Å². The molecule has 3 aromatic rings. The number of H-pyrrole nitrogens is 1. The minimum atomic E-state index is -0.401. The van der Waals surface area contributed by atoms with Gasteiger partial charge in [0.05, 0.1) is 22.5 Å². The van der Waals surface area contributed by atoms with Crippen molar-refractivity contribution in [3.05, 3.63) is 75.3 Å². The zero-order valence-corrected chi connectivity index (χ0v) is 13.7. The van der Waals surface area contributed by atoms with Crippen LogP contribution in [0.2, 0.25) is 10.0 Å². The van der Waals surface area contributed by atoms with Crippen molar-refractivity contribution in [3.8, 4) is 17.1 Å². The first-order valence-corrected chi connectivity index (χ1v) is 7.90. The molecule has 0 unspecified atom stereocenters. The molecule has 118 valence electrons. The van der Waals surface area contributed by atoms with E-state index in [-0.39, 0.29) is 5.88 Å². The summed E-state index contributed by atoms with van der Waals surface area (Å²) in [7, 11) is 0. The number of aromatic hydroxyl groups is 1. The van der Waals surface area contributed by atoms with Gasteiger partial charge in [0.25, 0.3) is 5.91 Å². The van der Waals surface area contributed by atoms with Crippen molar-refractivity contribution < 1.29 is 9.90 Å². The van der Waals surface area contributed by atoms with Crippen LogP contribution in [0.25, 0.3) is 11.3 Å². The van der Waals surface area contributed by atoms with Crippen molar-refractivity contribution in [2.24, 2.45) is 4.99 Å². The molecule has 0 atom stereocenters. The van der Waals surface area contributed by atoms with Crippen LogP contribution in [0, 0.1) is 0 Å². The summed E-state index contributed by atoms with van der Waals surface area (Å²) >= 11 is 11.9. The third kappa shape index (κ3) is 2.31. The van der Waals surface area contributed by atoms with E-state index < -0.39 is 5.91 Å². The van der Waals surface area contributed by atoms with E-state index in [0.717, 1.165) is 0 Å². The third-order valence-electron chi connectivity index (χ3n) is 3.88. The maximum Gasteiger partial charge on any atom is 0.280 e. The number of carbonyl (C=O) groups is 1. The van der Waals surface area contributed by atoms with Crippen molar-refractivity contribution in [1.82, 2.24) is 4.98 Å². The summed E-state index contributed by atoms with van der Waals surface area (Å²) in [5.41, 5.74) is 3.09. The molecule has 1 aromatic heterocycles. The molecule has 0 saturated carbocycles. The van der Waals surface area contributed by atoms with Crippen LogP contribution in [0.5, 0.6) is 5.88 Å². The van der Waals surface area contributed by atoms with Crippen molar-refractivity contribution in [1.29, 1.82) is 0 Å². The predicted octanol–water partition coefficient (Wildman–Crippen LogP) is 4.69. The van der Waals surface area contributed by atoms with Crippen LogP contribution in [0.4, 0.5) is 0 Å². The Hall–Kier alpha value is -2.56. The zero-order valence-electron chi connectivity index (χ0n) is 12.2. The minimum absolute atomic E-state index is 0.0977. The van der Waals surface area contributed by atoms with Gasteiger partial charge in [-0.2, -0.15) is 0 Å². The molecule has 1 amide bonds. The fourth-order valence-corrected chi connectivity index (χ4v) is 3.14. The smallest absolute Gasteiger partial charge is 0.280 e. The molecule has 2 N–H and O–H groups in total. The standard InChI is InChI=1S/C18H10Cl2N2O2/c19-11-6-4-9(5-7-11)15-13-14(18(24)21-15)16(22-17(13)23)10-2-1-3-12(20)8-10/h1-8,22-23H. The number of hydrogen-bond acceptors (Lipinski definition) is 2. The zero-order chi connectivity index (χ0) is 16.8. The van der Waals surface area contributed by atoms with Crippen LogP contribution in [-0.2, 0) is 0 Å². The minimum Gasteiger partial charge on any atom is -0.494 e. The molecular weight excluding hydrogens is 347 g/mol. The highest BCUT2D eigenvalue weighted by Crippen LogP contribution is 2.38. The number of benzene rings is 2. The van der Waals surface area contributed by atoms with Crippen molar-refractivity contribution in [3.63, 3.8) is 0 Å². The molecule has 4 nitrogen and oxygen atoms in total. The summed E-state index contributed by atoms with van der Waals surface area (Å²) in [5.74, 6) is -0.499. The maximum absolute atomic E-state index is 12.4. The average Bonchev–Trinajstić information content (AvgIpc) is 3.08. The van der Waals surface area contributed by atoms with Crippen LogP contribution >= 0.6 is 23.2 Å². The Kier molecular flexibility index (Phi) is 3.44. The monoisotopic (exact) mass is 356 g/mol. The van der Waals surface area contributed by atoms with Crippen molar-refractivity contribution >= 4 is 34.8 Å². The molecule has 1 aliphatic rings. The number of aromatic amines is 1. The Labute approximate surface area is 147 Å². The molecular formula is C18H10Cl2N2O2. The van der Waals surface area contributed by atoms with E-state index in [1.807, 2.05) is 6.07 Å². The lowest BCUT2D eigenvalue weighted by molar-refractivity contribution is 0.101. The molecule has 0 fully saturated rings. The van der Waals surface area contributed by atoms with Gasteiger partial charge in [0.1, 0.15) is 0 Å². The third-order valence-corrected chi connectivity index (χ3v) is 4.36. The highest BCUT2D eigenvalue weighted by atomic mass is 35.5. The summed E-state index contributed by atoms with van der Waals surface area (Å²) in [5, 5.41) is 11.5. The lowest BCUT2D eigenvalue weighted by Gasteiger charge is -2.01. The van der Waals surface area contributed by atoms with Crippen LogP contribution in [-0.4, -0.2) is 21.7 Å². The molecule has 0 bridgehead atoms. The van der Waals surface area contributed by atoms with Gasteiger partial charge in [-0.15, -0.1) is 0 Å². The first kappa shape index (κ1) is 15.0. The van der Waals surface area contributed by atoms with Crippen molar-refractivity contribution in [2.75, 3.05) is 0 Å². The lowest BCUT2D eigenvalue weighted by atomic mass is 10.0. The number of nitrogens with one attached hydrogen (secondary N) is 1. The van der Waals surface area contributed by atoms with Crippen molar-refractivity contribution in [2.45, 2.75) is 0 Å². The number of aromatic nitrogens is 1. The summed E-state index contributed by atoms with van der Waals surface area (Å²) in [6.07, 6.45) is 0. The number of aliphatic imine (C=N–C) groups is 1. The Balaban J connectivity index is 1.89. The van der Waals surface area contributed by atoms with E-state index in [2.05, 4.69) is 9.98 Å². The van der Waals surface area contributed by atoms with E-state index in [4.69, 9.17) is 23.2 Å². The van der Waals surface area contributed by atoms with E-state index in [9.17, 15) is 9.90 Å². The topological polar surface area (TPSA) is 65.4 Å². The Bertz CT molecular complexity index is 1000. The van der Waals surface area contributed by atoms with E-state index in [1.54, 1.807) is 42.5 Å². The second-order valence-corrected chi connectivity index (χ2v) is 6.25. The molecule has 1 aliphatic heterocycles. The van der Waals surface area contributed by atoms with Gasteiger partial charge in [-0.25, -0.2) is 4.99 Å². The number of carbonyl (C=O) groups excluding carboxylic acids is 1. The fraction of sp³-hybridized carbons (Fsp3) is 0. The van der Waals surface area contributed by atoms with Gasteiger partial charge in [0, 0.05) is 21.2 Å². The van der Waals surface area contributed by atoms with E-state index in [1.165, 1.54) is 0 Å². The van der Waals surface area contributed by atoms with Gasteiger partial charge < -0.3 is 10.1 Å². The molecule has 0 aliphatic carbocycles. The quantitative estimate of drug-likeness (QED) is 0.699. The number of amides is 1. The fourth-order valence-electron chi connectivity index (χ4n) is 2.82. The second kappa shape index (κ2) is 5.51. The number of fused-ring (bicyclic) bond motifs is 1. The van der Waals surface area contributed by atoms with Gasteiger partial charge in [-0.1, -0.05) is 47.5 Å². The van der Waals surface area contributed by atoms with Crippen LogP contribution in [0.3, 0.4) is 0 Å². The van der Waals surface area contributed by atoms with Gasteiger partial charge in [-0.05, 0) is 24.3 Å². The summed E-state index contributed by atoms with van der Waals surface area (Å²) in [4.78, 5) is 19.4. The summed E-state index contributed by atoms with van der Waals surface area (Å²) < 4.78 is 0. The Morgan fingerprint density at radius 1 is 0.917 bits per heavy atom. The molecule has 0 spiro atoms. The van der Waals surface area contributed by atoms with Gasteiger partial charge in [0.15, 0.2) is 5.88 Å². The lowest BCUT2D eigenvalue weighted by Crippen LogP contribution is -1.99. The predicted molar refractivity (Wildman–Crippen MR) is 94.3 cm³/mol. The molecule has 4 rings (SSSR count). The second-order valence-electron chi connectivity index (χ2n) is 5.38. The molecule has 0 radical (unpaired) electrons. The van der Waals surface area contributed by atoms with Gasteiger partial charge >= 0.3 is 0 Å². The average molecular weight is 357 g/mol. The molecule has 6 heteroatoms. The number of rotatable bonds is 2. The summed E-state index contributed by atoms with van der Waals surface area (Å²) in [6, 6.07) is 14.0. The normalized spacial score (nSPS) is 13.1. The van der Waals surface area contributed by atoms with Gasteiger partial charge in [0.2, 0.25) is 0 Å². The maximum atomic E-state index is 12.4. The molecule has 2 heterocycles. The van der Waals surface area contributed by atoms with Crippen LogP contribution in [0.1, 0.15) is 21.5 Å². The molecule has 24 heavy (non-hydrogen) atoms. The van der Waals surface area contributed by atoms with E-state index >= 15 is 0 Å². The van der Waals surface area contributed by atoms with Crippen LogP contribution in [0.15, 0.2) is 53.5 Å². The highest BCUT2D eigenvalue weighted by Gasteiger charge is 2.33. The first-order valence-electron chi connectivity index (χ1n) is 7.15. The Morgan fingerprint density at radius 3 is 2.38 bits per heavy atom. The van der Waals surface area contributed by atoms with Crippen LogP contribution < -0.4 is 0 Å². The number of nitrogens with zero attached hydrogens (tertiary/aromatic N) is 1. The first-order chi connectivity index (χ1) is 11.5. The molecule has 0 saturated heterocycles. The summed E-state index contributed by atoms with van der Waals surface area (Å²) in [6.45, 7) is 0. The number of hydrogen-bond donors (Lipinski definition) is 2. The largest absolute Gasteiger partial charge is 0.494 e. The number of halogens is 2. The highest BCUT2D eigenvalue weighted by molar-refractivity contribution is 6.32. The van der Waals surface area contributed by atoms with E-state index in [0.29, 0.717) is 43.7 Å². The Morgan fingerprint density at radius 2 is 1.67 bits per heavy atom.